The quantitative estimate of drug-likeness (QED) is 0.820. The maximum Gasteiger partial charge on any atom is 0.354 e. The topological polar surface area (TPSA) is 88.0 Å². The molecule has 2 rings (SSSR count). The number of rotatable bonds is 4. The van der Waals surface area contributed by atoms with Crippen LogP contribution in [-0.4, -0.2) is 26.0 Å². The van der Waals surface area contributed by atoms with E-state index in [-0.39, 0.29) is 5.69 Å². The van der Waals surface area contributed by atoms with Crippen molar-refractivity contribution in [2.75, 3.05) is 5.32 Å². The molecule has 0 spiro atoms. The van der Waals surface area contributed by atoms with Crippen LogP contribution in [0, 0.1) is 0 Å². The lowest BCUT2D eigenvalue weighted by Crippen LogP contribution is -2.04. The second-order valence-electron chi connectivity index (χ2n) is 3.29. The van der Waals surface area contributed by atoms with Gasteiger partial charge in [0.05, 0.1) is 12.2 Å². The lowest BCUT2D eigenvalue weighted by Gasteiger charge is -2.05. The van der Waals surface area contributed by atoms with E-state index in [1.807, 2.05) is 0 Å². The summed E-state index contributed by atoms with van der Waals surface area (Å²) in [6.07, 6.45) is 4.57. The van der Waals surface area contributed by atoms with Crippen LogP contribution in [0.5, 0.6) is 0 Å². The lowest BCUT2D eigenvalue weighted by molar-refractivity contribution is 0.0690. The molecule has 0 aliphatic heterocycles. The molecule has 0 aliphatic rings. The van der Waals surface area contributed by atoms with Crippen LogP contribution < -0.4 is 5.32 Å². The number of hydrogen-bond acceptors (Lipinski definition) is 5. The van der Waals surface area contributed by atoms with E-state index in [1.165, 1.54) is 18.6 Å². The van der Waals surface area contributed by atoms with E-state index in [4.69, 9.17) is 5.11 Å². The fourth-order valence-corrected chi connectivity index (χ4v) is 1.27. The first-order chi connectivity index (χ1) is 8.25. The Morgan fingerprint density at radius 2 is 2.18 bits per heavy atom. The molecule has 2 heterocycles. The molecule has 0 saturated heterocycles. The highest BCUT2D eigenvalue weighted by Crippen LogP contribution is 2.09. The van der Waals surface area contributed by atoms with Gasteiger partial charge >= 0.3 is 5.97 Å². The molecule has 17 heavy (non-hydrogen) atoms. The molecule has 0 fully saturated rings. The van der Waals surface area contributed by atoms with Gasteiger partial charge in [-0.05, 0) is 18.2 Å². The number of carbonyl (C=O) groups is 1. The number of nitrogens with one attached hydrogen (secondary N) is 1. The molecular formula is C11H10N4O2. The summed E-state index contributed by atoms with van der Waals surface area (Å²) in [7, 11) is 0. The Labute approximate surface area is 97.4 Å². The van der Waals surface area contributed by atoms with Gasteiger partial charge in [-0.2, -0.15) is 0 Å². The summed E-state index contributed by atoms with van der Waals surface area (Å²) in [4.78, 5) is 22.3. The number of pyridine rings is 1. The first-order valence-electron chi connectivity index (χ1n) is 4.94. The first-order valence-corrected chi connectivity index (χ1v) is 4.94. The molecule has 0 unspecified atom stereocenters. The molecule has 0 saturated carbocycles. The highest BCUT2D eigenvalue weighted by atomic mass is 16.4. The molecule has 0 aromatic carbocycles. The highest BCUT2D eigenvalue weighted by Gasteiger charge is 2.04. The SMILES string of the molecule is O=C(O)c1cc(NCc2ccncn2)ccn1. The van der Waals surface area contributed by atoms with E-state index in [9.17, 15) is 4.79 Å². The van der Waals surface area contributed by atoms with Crippen molar-refractivity contribution in [2.24, 2.45) is 0 Å². The minimum Gasteiger partial charge on any atom is -0.477 e. The van der Waals surface area contributed by atoms with E-state index >= 15 is 0 Å². The van der Waals surface area contributed by atoms with Gasteiger partial charge < -0.3 is 10.4 Å². The molecule has 6 nitrogen and oxygen atoms in total. The van der Waals surface area contributed by atoms with E-state index in [1.54, 1.807) is 18.3 Å². The smallest absolute Gasteiger partial charge is 0.354 e. The Kier molecular flexibility index (Phi) is 3.25. The van der Waals surface area contributed by atoms with Crippen LogP contribution in [0.3, 0.4) is 0 Å². The largest absolute Gasteiger partial charge is 0.477 e. The monoisotopic (exact) mass is 230 g/mol. The number of carboxylic acids is 1. The Morgan fingerprint density at radius 1 is 1.29 bits per heavy atom. The molecule has 2 N–H and O–H groups in total. The number of hydrogen-bond donors (Lipinski definition) is 2. The molecule has 0 aliphatic carbocycles. The van der Waals surface area contributed by atoms with Gasteiger partial charge in [0.1, 0.15) is 12.0 Å². The van der Waals surface area contributed by atoms with Gasteiger partial charge in [0.2, 0.25) is 0 Å². The van der Waals surface area contributed by atoms with Crippen molar-refractivity contribution in [1.82, 2.24) is 15.0 Å². The van der Waals surface area contributed by atoms with Crippen LogP contribution in [0.15, 0.2) is 36.9 Å². The maximum atomic E-state index is 10.7. The summed E-state index contributed by atoms with van der Waals surface area (Å²) in [5, 5.41) is 11.8. The van der Waals surface area contributed by atoms with Gasteiger partial charge in [-0.3, -0.25) is 0 Å². The minimum absolute atomic E-state index is 0.0117. The fraction of sp³-hybridized carbons (Fsp3) is 0.0909. The Morgan fingerprint density at radius 3 is 2.88 bits per heavy atom. The Hall–Kier alpha value is -2.50. The fourth-order valence-electron chi connectivity index (χ4n) is 1.27. The summed E-state index contributed by atoms with van der Waals surface area (Å²) >= 11 is 0. The predicted octanol–water partition coefficient (Wildman–Crippen LogP) is 1.18. The van der Waals surface area contributed by atoms with Gasteiger partial charge in [0.25, 0.3) is 0 Å². The van der Waals surface area contributed by atoms with E-state index < -0.39 is 5.97 Å². The third-order valence-corrected chi connectivity index (χ3v) is 2.10. The van der Waals surface area contributed by atoms with E-state index in [0.717, 1.165) is 5.69 Å². The number of aromatic carboxylic acids is 1. The van der Waals surface area contributed by atoms with Gasteiger partial charge in [-0.15, -0.1) is 0 Å². The highest BCUT2D eigenvalue weighted by molar-refractivity contribution is 5.86. The van der Waals surface area contributed by atoms with Crippen LogP contribution in [-0.2, 0) is 6.54 Å². The summed E-state index contributed by atoms with van der Waals surface area (Å²) < 4.78 is 0. The van der Waals surface area contributed by atoms with Crippen LogP contribution >= 0.6 is 0 Å². The number of nitrogens with zero attached hydrogens (tertiary/aromatic N) is 3. The van der Waals surface area contributed by atoms with Crippen molar-refractivity contribution >= 4 is 11.7 Å². The predicted molar refractivity (Wildman–Crippen MR) is 60.6 cm³/mol. The molecule has 0 atom stereocenters. The standard InChI is InChI=1S/C11H10N4O2/c16-11(17)10-5-8(2-4-13-10)14-6-9-1-3-12-7-15-9/h1-5,7H,6H2,(H,13,14)(H,16,17). The molecule has 2 aromatic heterocycles. The molecule has 0 radical (unpaired) electrons. The molecule has 0 bridgehead atoms. The van der Waals surface area contributed by atoms with Gasteiger partial charge in [0.15, 0.2) is 0 Å². The molecule has 6 heteroatoms. The van der Waals surface area contributed by atoms with Gasteiger partial charge in [-0.25, -0.2) is 19.7 Å². The Bertz CT molecular complexity index is 516. The molecule has 0 amide bonds. The van der Waals surface area contributed by atoms with Crippen molar-refractivity contribution in [3.05, 3.63) is 48.3 Å². The average Bonchev–Trinajstić information content (AvgIpc) is 2.38. The number of anilines is 1. The van der Waals surface area contributed by atoms with Crippen molar-refractivity contribution in [3.8, 4) is 0 Å². The van der Waals surface area contributed by atoms with Crippen molar-refractivity contribution in [1.29, 1.82) is 0 Å². The second-order valence-corrected chi connectivity index (χ2v) is 3.29. The van der Waals surface area contributed by atoms with E-state index in [0.29, 0.717) is 12.2 Å². The zero-order valence-electron chi connectivity index (χ0n) is 8.87. The van der Waals surface area contributed by atoms with Crippen LogP contribution in [0.2, 0.25) is 0 Å². The molecular weight excluding hydrogens is 220 g/mol. The van der Waals surface area contributed by atoms with E-state index in [2.05, 4.69) is 20.3 Å². The zero-order valence-corrected chi connectivity index (χ0v) is 8.87. The third-order valence-electron chi connectivity index (χ3n) is 2.10. The first kappa shape index (κ1) is 11.0. The van der Waals surface area contributed by atoms with Crippen LogP contribution in [0.4, 0.5) is 5.69 Å². The van der Waals surface area contributed by atoms with Crippen molar-refractivity contribution in [2.45, 2.75) is 6.54 Å². The minimum atomic E-state index is -1.05. The number of carboxylic acid groups (broad SMARTS) is 1. The molecule has 86 valence electrons. The average molecular weight is 230 g/mol. The zero-order chi connectivity index (χ0) is 12.1. The van der Waals surface area contributed by atoms with Gasteiger partial charge in [-0.1, -0.05) is 0 Å². The summed E-state index contributed by atoms with van der Waals surface area (Å²) in [5.41, 5.74) is 1.53. The summed E-state index contributed by atoms with van der Waals surface area (Å²) in [6, 6.07) is 4.96. The lowest BCUT2D eigenvalue weighted by atomic mass is 10.3. The second kappa shape index (κ2) is 5.02. The molecule has 2 aromatic rings. The van der Waals surface area contributed by atoms with Gasteiger partial charge in [0, 0.05) is 18.1 Å². The third kappa shape index (κ3) is 2.97. The maximum absolute atomic E-state index is 10.7. The van der Waals surface area contributed by atoms with Crippen LogP contribution in [0.1, 0.15) is 16.2 Å². The Balaban J connectivity index is 2.04. The summed E-state index contributed by atoms with van der Waals surface area (Å²) in [5.74, 6) is -1.05. The van der Waals surface area contributed by atoms with Crippen molar-refractivity contribution in [3.63, 3.8) is 0 Å². The normalized spacial score (nSPS) is 9.88. The number of aromatic nitrogens is 3. The van der Waals surface area contributed by atoms with Crippen LogP contribution in [0.25, 0.3) is 0 Å². The summed E-state index contributed by atoms with van der Waals surface area (Å²) in [6.45, 7) is 0.506. The van der Waals surface area contributed by atoms with Crippen molar-refractivity contribution < 1.29 is 9.90 Å².